The summed E-state index contributed by atoms with van der Waals surface area (Å²) in [6.45, 7) is 6.10. The van der Waals surface area contributed by atoms with Crippen LogP contribution in [0.25, 0.3) is 0 Å². The van der Waals surface area contributed by atoms with E-state index in [9.17, 15) is 0 Å². The van der Waals surface area contributed by atoms with Crippen molar-refractivity contribution < 1.29 is 4.74 Å². The molecule has 0 amide bonds. The van der Waals surface area contributed by atoms with Crippen LogP contribution >= 0.6 is 0 Å². The minimum absolute atomic E-state index is 0.111. The van der Waals surface area contributed by atoms with Crippen molar-refractivity contribution in [2.45, 2.75) is 51.3 Å². The third-order valence-electron chi connectivity index (χ3n) is 3.74. The van der Waals surface area contributed by atoms with Gasteiger partial charge >= 0.3 is 0 Å². The fourth-order valence-electron chi connectivity index (χ4n) is 2.80. The zero-order chi connectivity index (χ0) is 12.3. The quantitative estimate of drug-likeness (QED) is 0.872. The van der Waals surface area contributed by atoms with Gasteiger partial charge < -0.3 is 10.1 Å². The highest BCUT2D eigenvalue weighted by Gasteiger charge is 2.38. The van der Waals surface area contributed by atoms with Gasteiger partial charge in [0.2, 0.25) is 0 Å². The fourth-order valence-corrected chi connectivity index (χ4v) is 2.80. The van der Waals surface area contributed by atoms with E-state index in [1.165, 1.54) is 18.5 Å². The largest absolute Gasteiger partial charge is 0.373 e. The number of nitrogens with zero attached hydrogens (tertiary/aromatic N) is 2. The number of hydrogen-bond acceptors (Lipinski definition) is 3. The number of aryl methyl sites for hydroxylation is 1. The Morgan fingerprint density at radius 2 is 2.41 bits per heavy atom. The molecule has 0 saturated carbocycles. The Labute approximate surface area is 103 Å². The molecule has 0 aliphatic carbocycles. The molecule has 2 heterocycles. The predicted molar refractivity (Wildman–Crippen MR) is 67.9 cm³/mol. The van der Waals surface area contributed by atoms with Crippen molar-refractivity contribution in [2.75, 3.05) is 13.7 Å². The lowest BCUT2D eigenvalue weighted by atomic mass is 9.86. The van der Waals surface area contributed by atoms with E-state index < -0.39 is 0 Å². The smallest absolute Gasteiger partial charge is 0.0863 e. The number of aromatic nitrogens is 2. The van der Waals surface area contributed by atoms with Crippen LogP contribution in [0, 0.1) is 0 Å². The van der Waals surface area contributed by atoms with Gasteiger partial charge in [0.25, 0.3) is 0 Å². The van der Waals surface area contributed by atoms with Crippen molar-refractivity contribution >= 4 is 0 Å². The Hall–Kier alpha value is -0.870. The molecule has 1 aliphatic heterocycles. The van der Waals surface area contributed by atoms with E-state index in [-0.39, 0.29) is 11.6 Å². The van der Waals surface area contributed by atoms with Crippen LogP contribution in [0.5, 0.6) is 0 Å². The second-order valence-corrected chi connectivity index (χ2v) is 4.91. The first kappa shape index (κ1) is 12.6. The fraction of sp³-hybridized carbons (Fsp3) is 0.769. The van der Waals surface area contributed by atoms with E-state index in [0.29, 0.717) is 0 Å². The van der Waals surface area contributed by atoms with Crippen LogP contribution in [0.15, 0.2) is 12.3 Å². The first-order valence-electron chi connectivity index (χ1n) is 6.54. The molecular formula is C13H23N3O. The van der Waals surface area contributed by atoms with Gasteiger partial charge in [0, 0.05) is 19.3 Å². The van der Waals surface area contributed by atoms with Crippen LogP contribution < -0.4 is 5.32 Å². The molecule has 1 aliphatic rings. The average Bonchev–Trinajstić information content (AvgIpc) is 2.79. The predicted octanol–water partition coefficient (Wildman–Crippen LogP) is 2.12. The molecule has 17 heavy (non-hydrogen) atoms. The Morgan fingerprint density at radius 1 is 1.59 bits per heavy atom. The van der Waals surface area contributed by atoms with Crippen LogP contribution in [0.3, 0.4) is 0 Å². The van der Waals surface area contributed by atoms with Crippen molar-refractivity contribution in [3.63, 3.8) is 0 Å². The molecule has 0 bridgehead atoms. The molecule has 1 fully saturated rings. The second-order valence-electron chi connectivity index (χ2n) is 4.91. The molecule has 4 nitrogen and oxygen atoms in total. The van der Waals surface area contributed by atoms with E-state index in [1.54, 1.807) is 0 Å². The number of rotatable bonds is 4. The van der Waals surface area contributed by atoms with Gasteiger partial charge in [0.15, 0.2) is 0 Å². The molecule has 1 saturated heterocycles. The summed E-state index contributed by atoms with van der Waals surface area (Å²) in [5.74, 6) is 0. The van der Waals surface area contributed by atoms with Gasteiger partial charge in [0.1, 0.15) is 0 Å². The summed E-state index contributed by atoms with van der Waals surface area (Å²) in [6.07, 6.45) is 5.40. The molecule has 1 aromatic rings. The van der Waals surface area contributed by atoms with Gasteiger partial charge in [-0.05, 0) is 46.2 Å². The van der Waals surface area contributed by atoms with Gasteiger partial charge in [-0.1, -0.05) is 0 Å². The molecular weight excluding hydrogens is 214 g/mol. The zero-order valence-electron chi connectivity index (χ0n) is 11.1. The molecule has 2 rings (SSSR count). The summed E-state index contributed by atoms with van der Waals surface area (Å²) >= 11 is 0. The van der Waals surface area contributed by atoms with E-state index in [0.717, 1.165) is 19.6 Å². The van der Waals surface area contributed by atoms with Crippen molar-refractivity contribution in [3.05, 3.63) is 18.0 Å². The minimum Gasteiger partial charge on any atom is -0.373 e. The van der Waals surface area contributed by atoms with Crippen LogP contribution in [0.4, 0.5) is 0 Å². The third-order valence-corrected chi connectivity index (χ3v) is 3.74. The van der Waals surface area contributed by atoms with E-state index in [1.807, 2.05) is 17.9 Å². The molecule has 2 atom stereocenters. The number of hydrogen-bond donors (Lipinski definition) is 1. The Kier molecular flexibility index (Phi) is 3.84. The summed E-state index contributed by atoms with van der Waals surface area (Å²) in [7, 11) is 2.00. The van der Waals surface area contributed by atoms with Crippen LogP contribution in [-0.4, -0.2) is 29.0 Å². The van der Waals surface area contributed by atoms with Gasteiger partial charge in [-0.15, -0.1) is 0 Å². The Bertz CT molecular complexity index is 355. The molecule has 0 radical (unpaired) electrons. The normalized spacial score (nSPS) is 27.0. The lowest BCUT2D eigenvalue weighted by Crippen LogP contribution is -2.45. The van der Waals surface area contributed by atoms with E-state index in [4.69, 9.17) is 4.74 Å². The van der Waals surface area contributed by atoms with E-state index in [2.05, 4.69) is 30.3 Å². The maximum atomic E-state index is 6.04. The molecule has 1 N–H and O–H groups in total. The number of likely N-dealkylation sites (N-methyl/N-ethyl adjacent to an activating group) is 1. The zero-order valence-corrected chi connectivity index (χ0v) is 11.1. The lowest BCUT2D eigenvalue weighted by molar-refractivity contribution is -0.0900. The van der Waals surface area contributed by atoms with Gasteiger partial charge in [-0.3, -0.25) is 4.68 Å². The summed E-state index contributed by atoms with van der Waals surface area (Å²) in [5, 5.41) is 7.75. The van der Waals surface area contributed by atoms with Gasteiger partial charge in [-0.2, -0.15) is 5.10 Å². The maximum absolute atomic E-state index is 6.04. The van der Waals surface area contributed by atoms with Crippen LogP contribution in [0.1, 0.15) is 44.8 Å². The van der Waals surface area contributed by atoms with Gasteiger partial charge in [0.05, 0.1) is 17.3 Å². The molecule has 2 unspecified atom stereocenters. The molecule has 0 spiro atoms. The summed E-state index contributed by atoms with van der Waals surface area (Å²) in [6, 6.07) is 2.30. The summed E-state index contributed by atoms with van der Waals surface area (Å²) in [5.41, 5.74) is 1.11. The SMILES string of the molecule is CCn1nccc1C(NC)C1(C)CCCCO1. The average molecular weight is 237 g/mol. The van der Waals surface area contributed by atoms with Crippen molar-refractivity contribution in [3.8, 4) is 0 Å². The topological polar surface area (TPSA) is 39.1 Å². The van der Waals surface area contributed by atoms with Gasteiger partial charge in [-0.25, -0.2) is 0 Å². The first-order valence-corrected chi connectivity index (χ1v) is 6.54. The van der Waals surface area contributed by atoms with Crippen LogP contribution in [-0.2, 0) is 11.3 Å². The Balaban J connectivity index is 2.26. The van der Waals surface area contributed by atoms with Crippen molar-refractivity contribution in [2.24, 2.45) is 0 Å². The lowest BCUT2D eigenvalue weighted by Gasteiger charge is -2.40. The van der Waals surface area contributed by atoms with E-state index >= 15 is 0 Å². The third kappa shape index (κ3) is 2.38. The number of ether oxygens (including phenoxy) is 1. The maximum Gasteiger partial charge on any atom is 0.0863 e. The minimum atomic E-state index is -0.111. The standard InChI is InChI=1S/C13H23N3O/c1-4-16-11(7-9-15-16)12(14-3)13(2)8-5-6-10-17-13/h7,9,12,14H,4-6,8,10H2,1-3H3. The highest BCUT2D eigenvalue weighted by atomic mass is 16.5. The highest BCUT2D eigenvalue weighted by molar-refractivity contribution is 5.13. The summed E-state index contributed by atoms with van der Waals surface area (Å²) in [4.78, 5) is 0. The molecule has 1 aromatic heterocycles. The second kappa shape index (κ2) is 5.19. The number of nitrogens with one attached hydrogen (secondary N) is 1. The molecule has 4 heteroatoms. The highest BCUT2D eigenvalue weighted by Crippen LogP contribution is 2.36. The first-order chi connectivity index (χ1) is 8.21. The van der Waals surface area contributed by atoms with Crippen molar-refractivity contribution in [1.29, 1.82) is 0 Å². The molecule has 0 aromatic carbocycles. The molecule has 96 valence electrons. The Morgan fingerprint density at radius 3 is 3.00 bits per heavy atom. The summed E-state index contributed by atoms with van der Waals surface area (Å²) < 4.78 is 8.08. The van der Waals surface area contributed by atoms with Crippen LogP contribution in [0.2, 0.25) is 0 Å². The monoisotopic (exact) mass is 237 g/mol. The van der Waals surface area contributed by atoms with Crippen molar-refractivity contribution in [1.82, 2.24) is 15.1 Å².